The highest BCUT2D eigenvalue weighted by molar-refractivity contribution is 5.28. The average Bonchev–Trinajstić information content (AvgIpc) is 2.23. The van der Waals surface area contributed by atoms with E-state index in [1.54, 1.807) is 0 Å². The zero-order valence-electron chi connectivity index (χ0n) is 8.24. The quantitative estimate of drug-likeness (QED) is 0.715. The Hall–Kier alpha value is -1.02. The fraction of sp³-hybridized carbons (Fsp3) is 0.417. The van der Waals surface area contributed by atoms with E-state index >= 15 is 0 Å². The van der Waals surface area contributed by atoms with Crippen molar-refractivity contribution >= 4 is 0 Å². The van der Waals surface area contributed by atoms with E-state index in [2.05, 4.69) is 6.92 Å². The van der Waals surface area contributed by atoms with Crippen LogP contribution in [0.5, 0.6) is 5.75 Å². The number of hydrogen-bond donors (Lipinski definition) is 0. The van der Waals surface area contributed by atoms with Crippen LogP contribution in [-0.4, -0.2) is 12.9 Å². The largest absolute Gasteiger partial charge is 0.465 e. The van der Waals surface area contributed by atoms with Gasteiger partial charge in [-0.3, -0.25) is 0 Å². The van der Waals surface area contributed by atoms with E-state index < -0.39 is 0 Å². The Morgan fingerprint density at radius 1 is 1.21 bits per heavy atom. The third kappa shape index (κ3) is 2.48. The Morgan fingerprint density at radius 3 is 2.64 bits per heavy atom. The van der Waals surface area contributed by atoms with Crippen molar-refractivity contribution in [3.8, 4) is 5.75 Å². The van der Waals surface area contributed by atoms with Gasteiger partial charge in [0.15, 0.2) is 6.29 Å². The van der Waals surface area contributed by atoms with Crippen molar-refractivity contribution in [2.45, 2.75) is 25.6 Å². The molecule has 1 saturated heterocycles. The Bertz CT molecular complexity index is 273. The number of benzene rings is 1. The molecule has 0 spiro atoms. The lowest BCUT2D eigenvalue weighted by Crippen LogP contribution is -2.24. The smallest absolute Gasteiger partial charge is 0.199 e. The molecule has 2 heteroatoms. The zero-order valence-corrected chi connectivity index (χ0v) is 8.24. The number of hydrogen-bond acceptors (Lipinski definition) is 2. The minimum atomic E-state index is -0.0561. The second kappa shape index (κ2) is 4.47. The number of rotatable bonds is 2. The van der Waals surface area contributed by atoms with Crippen LogP contribution in [0.4, 0.5) is 0 Å². The molecule has 1 aliphatic rings. The molecule has 1 heterocycles. The van der Waals surface area contributed by atoms with Gasteiger partial charge < -0.3 is 9.47 Å². The predicted molar refractivity (Wildman–Crippen MR) is 55.1 cm³/mol. The summed E-state index contributed by atoms with van der Waals surface area (Å²) in [5, 5.41) is 0. The summed E-state index contributed by atoms with van der Waals surface area (Å²) in [6.45, 7) is 4.64. The molecule has 1 aromatic carbocycles. The van der Waals surface area contributed by atoms with E-state index in [0.29, 0.717) is 0 Å². The molecule has 1 radical (unpaired) electrons. The van der Waals surface area contributed by atoms with E-state index in [9.17, 15) is 0 Å². The van der Waals surface area contributed by atoms with Crippen LogP contribution in [0.15, 0.2) is 24.3 Å². The van der Waals surface area contributed by atoms with E-state index in [1.165, 1.54) is 6.42 Å². The Kier molecular flexibility index (Phi) is 3.04. The van der Waals surface area contributed by atoms with Gasteiger partial charge in [0.25, 0.3) is 0 Å². The molecule has 1 atom stereocenters. The van der Waals surface area contributed by atoms with Crippen molar-refractivity contribution in [3.05, 3.63) is 36.8 Å². The lowest BCUT2D eigenvalue weighted by molar-refractivity contribution is -0.105. The minimum Gasteiger partial charge on any atom is -0.465 e. The fourth-order valence-corrected chi connectivity index (χ4v) is 1.52. The van der Waals surface area contributed by atoms with Gasteiger partial charge in [-0.2, -0.15) is 0 Å². The number of ether oxygens (including phenoxy) is 2. The van der Waals surface area contributed by atoms with E-state index in [1.807, 2.05) is 24.3 Å². The molecule has 14 heavy (non-hydrogen) atoms. The second-order valence-electron chi connectivity index (χ2n) is 3.56. The van der Waals surface area contributed by atoms with Gasteiger partial charge in [-0.1, -0.05) is 12.1 Å². The van der Waals surface area contributed by atoms with Gasteiger partial charge in [0, 0.05) is 6.42 Å². The fourth-order valence-electron chi connectivity index (χ4n) is 1.52. The summed E-state index contributed by atoms with van der Waals surface area (Å²) in [6, 6.07) is 7.75. The summed E-state index contributed by atoms with van der Waals surface area (Å²) >= 11 is 0. The van der Waals surface area contributed by atoms with Crippen molar-refractivity contribution < 1.29 is 9.47 Å². The molecule has 1 fully saturated rings. The first-order chi connectivity index (χ1) is 6.84. The van der Waals surface area contributed by atoms with Gasteiger partial charge >= 0.3 is 0 Å². The van der Waals surface area contributed by atoms with Gasteiger partial charge in [-0.15, -0.1) is 0 Å². The normalized spacial score (nSPS) is 21.9. The summed E-state index contributed by atoms with van der Waals surface area (Å²) in [4.78, 5) is 0. The molecular weight excluding hydrogens is 176 g/mol. The molecule has 0 saturated carbocycles. The summed E-state index contributed by atoms with van der Waals surface area (Å²) in [6.07, 6.45) is 3.28. The van der Waals surface area contributed by atoms with Crippen molar-refractivity contribution in [3.63, 3.8) is 0 Å². The molecule has 0 aliphatic carbocycles. The van der Waals surface area contributed by atoms with Crippen LogP contribution in [0.25, 0.3) is 0 Å². The molecule has 0 aromatic heterocycles. The highest BCUT2D eigenvalue weighted by Gasteiger charge is 2.14. The molecular formula is C12H15O2. The first-order valence-electron chi connectivity index (χ1n) is 5.05. The summed E-state index contributed by atoms with van der Waals surface area (Å²) < 4.78 is 11.1. The van der Waals surface area contributed by atoms with Crippen molar-refractivity contribution in [2.24, 2.45) is 0 Å². The monoisotopic (exact) mass is 191 g/mol. The Labute approximate surface area is 84.8 Å². The lowest BCUT2D eigenvalue weighted by Gasteiger charge is -2.23. The standard InChI is InChI=1S/C12H15O2/c1-10-5-7-11(8-6-10)14-12-4-2-3-9-13-12/h5-8,12H,1-4,9H2. The molecule has 0 N–H and O–H groups in total. The van der Waals surface area contributed by atoms with Crippen LogP contribution in [0.1, 0.15) is 24.8 Å². The average molecular weight is 191 g/mol. The summed E-state index contributed by atoms with van der Waals surface area (Å²) in [5.74, 6) is 0.865. The Balaban J connectivity index is 1.92. The highest BCUT2D eigenvalue weighted by atomic mass is 16.7. The van der Waals surface area contributed by atoms with Crippen LogP contribution in [-0.2, 0) is 4.74 Å². The van der Waals surface area contributed by atoms with Gasteiger partial charge in [0.1, 0.15) is 5.75 Å². The molecule has 1 aliphatic heterocycles. The Morgan fingerprint density at radius 2 is 2.00 bits per heavy atom. The molecule has 0 bridgehead atoms. The van der Waals surface area contributed by atoms with E-state index in [4.69, 9.17) is 9.47 Å². The first kappa shape index (κ1) is 9.53. The molecule has 2 nitrogen and oxygen atoms in total. The van der Waals surface area contributed by atoms with Gasteiger partial charge in [-0.05, 0) is 37.5 Å². The SMILES string of the molecule is [CH2]c1ccc(OC2CCCCO2)cc1. The van der Waals surface area contributed by atoms with Crippen molar-refractivity contribution in [2.75, 3.05) is 6.61 Å². The van der Waals surface area contributed by atoms with E-state index in [0.717, 1.165) is 30.8 Å². The van der Waals surface area contributed by atoms with Gasteiger partial charge in [-0.25, -0.2) is 0 Å². The summed E-state index contributed by atoms with van der Waals surface area (Å²) in [7, 11) is 0. The molecule has 2 rings (SSSR count). The van der Waals surface area contributed by atoms with Gasteiger partial charge in [0.05, 0.1) is 6.61 Å². The van der Waals surface area contributed by atoms with Crippen LogP contribution < -0.4 is 4.74 Å². The zero-order chi connectivity index (χ0) is 9.80. The maximum Gasteiger partial charge on any atom is 0.199 e. The van der Waals surface area contributed by atoms with Gasteiger partial charge in [0.2, 0.25) is 0 Å². The third-order valence-electron chi connectivity index (χ3n) is 2.33. The van der Waals surface area contributed by atoms with E-state index in [-0.39, 0.29) is 6.29 Å². The topological polar surface area (TPSA) is 18.5 Å². The van der Waals surface area contributed by atoms with Crippen LogP contribution >= 0.6 is 0 Å². The van der Waals surface area contributed by atoms with Crippen molar-refractivity contribution in [1.29, 1.82) is 0 Å². The summed E-state index contributed by atoms with van der Waals surface area (Å²) in [5.41, 5.74) is 1.00. The molecule has 1 aromatic rings. The third-order valence-corrected chi connectivity index (χ3v) is 2.33. The predicted octanol–water partition coefficient (Wildman–Crippen LogP) is 2.77. The van der Waals surface area contributed by atoms with Crippen LogP contribution in [0, 0.1) is 6.92 Å². The molecule has 0 amide bonds. The molecule has 1 unspecified atom stereocenters. The van der Waals surface area contributed by atoms with Crippen LogP contribution in [0.3, 0.4) is 0 Å². The molecule has 75 valence electrons. The maximum absolute atomic E-state index is 5.66. The lowest BCUT2D eigenvalue weighted by atomic mass is 10.2. The van der Waals surface area contributed by atoms with Crippen molar-refractivity contribution in [1.82, 2.24) is 0 Å². The maximum atomic E-state index is 5.66. The minimum absolute atomic E-state index is 0.0561. The first-order valence-corrected chi connectivity index (χ1v) is 5.05. The van der Waals surface area contributed by atoms with Crippen LogP contribution in [0.2, 0.25) is 0 Å². The highest BCUT2D eigenvalue weighted by Crippen LogP contribution is 2.19. The second-order valence-corrected chi connectivity index (χ2v) is 3.56.